The largest absolute Gasteiger partial charge is 0.434 e. The van der Waals surface area contributed by atoms with Gasteiger partial charge in [-0.15, -0.1) is 0 Å². The number of anilines is 1. The van der Waals surface area contributed by atoms with Gasteiger partial charge in [0.05, 0.1) is 23.6 Å². The molecular formula is C27H25F2N9O4. The molecule has 15 heteroatoms. The topological polar surface area (TPSA) is 151 Å². The minimum atomic E-state index is -0.899. The number of H-pyrrole nitrogens is 1. The third kappa shape index (κ3) is 5.84. The third-order valence-electron chi connectivity index (χ3n) is 6.48. The predicted molar refractivity (Wildman–Crippen MR) is 145 cm³/mol. The Morgan fingerprint density at radius 3 is 2.64 bits per heavy atom. The van der Waals surface area contributed by atoms with E-state index in [0.29, 0.717) is 12.6 Å². The lowest BCUT2D eigenvalue weighted by Gasteiger charge is -2.47. The van der Waals surface area contributed by atoms with Crippen molar-refractivity contribution in [3.05, 3.63) is 95.2 Å². The molecule has 1 aromatic carbocycles. The van der Waals surface area contributed by atoms with Crippen LogP contribution in [0, 0.1) is 11.6 Å². The molecule has 1 aliphatic rings. The van der Waals surface area contributed by atoms with E-state index in [9.17, 15) is 23.2 Å². The van der Waals surface area contributed by atoms with Crippen molar-refractivity contribution >= 4 is 17.6 Å². The summed E-state index contributed by atoms with van der Waals surface area (Å²) in [6.45, 7) is 8.43. The van der Waals surface area contributed by atoms with Gasteiger partial charge in [0.1, 0.15) is 11.5 Å². The minimum absolute atomic E-state index is 0.0299. The van der Waals surface area contributed by atoms with Crippen molar-refractivity contribution in [3.8, 4) is 17.4 Å². The van der Waals surface area contributed by atoms with Crippen LogP contribution in [0.3, 0.4) is 0 Å². The molecule has 0 atom stereocenters. The number of nitrogens with one attached hydrogen (secondary N) is 2. The molecule has 216 valence electrons. The molecule has 2 amide bonds. The summed E-state index contributed by atoms with van der Waals surface area (Å²) in [7, 11) is 0. The van der Waals surface area contributed by atoms with Gasteiger partial charge in [0, 0.05) is 44.3 Å². The van der Waals surface area contributed by atoms with Gasteiger partial charge in [-0.2, -0.15) is 5.10 Å². The predicted octanol–water partition coefficient (Wildman–Crippen LogP) is 2.50. The normalized spacial score (nSPS) is 14.4. The van der Waals surface area contributed by atoms with Crippen LogP contribution in [0.2, 0.25) is 0 Å². The molecule has 3 aromatic heterocycles. The molecule has 0 saturated carbocycles. The van der Waals surface area contributed by atoms with E-state index in [1.54, 1.807) is 22.1 Å². The molecule has 4 aromatic rings. The van der Waals surface area contributed by atoms with Crippen LogP contribution in [-0.2, 0) is 4.79 Å². The summed E-state index contributed by atoms with van der Waals surface area (Å²) >= 11 is 0. The van der Waals surface area contributed by atoms with E-state index < -0.39 is 34.5 Å². The first-order valence-electron chi connectivity index (χ1n) is 12.6. The smallest absolute Gasteiger partial charge is 0.293 e. The molecule has 5 rings (SSSR count). The molecule has 0 aliphatic carbocycles. The van der Waals surface area contributed by atoms with Gasteiger partial charge < -0.3 is 24.8 Å². The Balaban J connectivity index is 1.21. The van der Waals surface area contributed by atoms with Crippen molar-refractivity contribution in [3.63, 3.8) is 0 Å². The number of aromatic nitrogens is 6. The maximum atomic E-state index is 13.8. The van der Waals surface area contributed by atoms with Gasteiger partial charge in [0.15, 0.2) is 17.4 Å². The lowest BCUT2D eigenvalue weighted by molar-refractivity contribution is -0.114. The zero-order chi connectivity index (χ0) is 30.0. The molecule has 1 aliphatic heterocycles. The number of aromatic amines is 1. The SMILES string of the molecule is C=C(C(=O)Nc1cnc(Oc2ccc(F)cc2F)cn1)N1CCN(C(=O)c2c[nH]c(=O)c(-n3cccn3)n2)C(C)(C)C1. The molecule has 0 spiro atoms. The van der Waals surface area contributed by atoms with E-state index in [1.165, 1.54) is 29.5 Å². The van der Waals surface area contributed by atoms with Crippen molar-refractivity contribution in [2.45, 2.75) is 19.4 Å². The Morgan fingerprint density at radius 2 is 1.98 bits per heavy atom. The Kier molecular flexibility index (Phi) is 7.48. The van der Waals surface area contributed by atoms with Gasteiger partial charge in [-0.3, -0.25) is 14.4 Å². The maximum Gasteiger partial charge on any atom is 0.293 e. The number of halogens is 2. The quantitative estimate of drug-likeness (QED) is 0.316. The molecule has 4 heterocycles. The van der Waals surface area contributed by atoms with Gasteiger partial charge in [-0.05, 0) is 32.0 Å². The number of benzene rings is 1. The Hall–Kier alpha value is -5.47. The van der Waals surface area contributed by atoms with Crippen molar-refractivity contribution in [1.29, 1.82) is 0 Å². The number of rotatable bonds is 7. The van der Waals surface area contributed by atoms with Crippen LogP contribution in [0.25, 0.3) is 5.82 Å². The number of hydrogen-bond acceptors (Lipinski definition) is 9. The van der Waals surface area contributed by atoms with Crippen LogP contribution in [0.4, 0.5) is 14.6 Å². The van der Waals surface area contributed by atoms with E-state index in [4.69, 9.17) is 4.74 Å². The van der Waals surface area contributed by atoms with E-state index >= 15 is 0 Å². The molecule has 1 saturated heterocycles. The van der Waals surface area contributed by atoms with Crippen LogP contribution < -0.4 is 15.6 Å². The highest BCUT2D eigenvalue weighted by Gasteiger charge is 2.39. The Labute approximate surface area is 237 Å². The second kappa shape index (κ2) is 11.2. The van der Waals surface area contributed by atoms with Crippen molar-refractivity contribution in [1.82, 2.24) is 39.5 Å². The molecule has 13 nitrogen and oxygen atoms in total. The summed E-state index contributed by atoms with van der Waals surface area (Å²) in [5, 5.41) is 6.60. The second-order valence-corrected chi connectivity index (χ2v) is 9.90. The fraction of sp³-hybridized carbons (Fsp3) is 0.222. The number of amides is 2. The summed E-state index contributed by atoms with van der Waals surface area (Å²) in [5.74, 6) is -2.80. The fourth-order valence-electron chi connectivity index (χ4n) is 4.39. The second-order valence-electron chi connectivity index (χ2n) is 9.90. The highest BCUT2D eigenvalue weighted by Crippen LogP contribution is 2.26. The molecule has 0 unspecified atom stereocenters. The summed E-state index contributed by atoms with van der Waals surface area (Å²) < 4.78 is 33.5. The number of carbonyl (C=O) groups excluding carboxylic acids is 2. The first-order chi connectivity index (χ1) is 20.0. The number of nitrogens with zero attached hydrogens (tertiary/aromatic N) is 7. The summed E-state index contributed by atoms with van der Waals surface area (Å²) in [5.41, 5.74) is -1.04. The molecule has 2 N–H and O–H groups in total. The number of carbonyl (C=O) groups is 2. The molecule has 0 bridgehead atoms. The maximum absolute atomic E-state index is 13.8. The molecule has 0 radical (unpaired) electrons. The highest BCUT2D eigenvalue weighted by atomic mass is 19.1. The number of hydrogen-bond donors (Lipinski definition) is 2. The average molecular weight is 578 g/mol. The van der Waals surface area contributed by atoms with E-state index in [0.717, 1.165) is 12.1 Å². The molecular weight excluding hydrogens is 552 g/mol. The van der Waals surface area contributed by atoms with Crippen molar-refractivity contribution in [2.24, 2.45) is 0 Å². The van der Waals surface area contributed by atoms with Gasteiger partial charge >= 0.3 is 0 Å². The monoisotopic (exact) mass is 577 g/mol. The van der Waals surface area contributed by atoms with E-state index in [2.05, 4.69) is 36.9 Å². The van der Waals surface area contributed by atoms with Crippen LogP contribution in [-0.4, -0.2) is 76.5 Å². The number of ether oxygens (including phenoxy) is 1. The average Bonchev–Trinajstić information content (AvgIpc) is 3.49. The summed E-state index contributed by atoms with van der Waals surface area (Å²) in [4.78, 5) is 56.7. The van der Waals surface area contributed by atoms with E-state index in [-0.39, 0.29) is 47.7 Å². The zero-order valence-electron chi connectivity index (χ0n) is 22.5. The zero-order valence-corrected chi connectivity index (χ0v) is 22.5. The van der Waals surface area contributed by atoms with Crippen LogP contribution in [0.15, 0.2) is 72.3 Å². The lowest BCUT2D eigenvalue weighted by Crippen LogP contribution is -2.61. The van der Waals surface area contributed by atoms with Crippen molar-refractivity contribution in [2.75, 3.05) is 25.0 Å². The Bertz CT molecular complexity index is 1710. The van der Waals surface area contributed by atoms with Gasteiger partial charge in [0.25, 0.3) is 17.4 Å². The Morgan fingerprint density at radius 1 is 1.17 bits per heavy atom. The first kappa shape index (κ1) is 28.1. The van der Waals surface area contributed by atoms with Gasteiger partial charge in [-0.25, -0.2) is 28.4 Å². The standard InChI is InChI=1S/C27H25F2N9O4/c1-16(24(39)35-21-13-31-22(14-30-21)42-20-6-5-17(28)11-18(20)29)36-9-10-37(27(2,3)15-36)26(41)19-12-32-25(40)23(34-19)38-8-4-7-33-38/h4-8,11-14H,1,9-10,15H2,2-3H3,(H,32,40)(H,30,35,39). The lowest BCUT2D eigenvalue weighted by atomic mass is 9.97. The molecule has 1 fully saturated rings. The fourth-order valence-corrected chi connectivity index (χ4v) is 4.39. The first-order valence-corrected chi connectivity index (χ1v) is 12.6. The summed E-state index contributed by atoms with van der Waals surface area (Å²) in [6.07, 6.45) is 6.71. The highest BCUT2D eigenvalue weighted by molar-refractivity contribution is 6.02. The van der Waals surface area contributed by atoms with Crippen LogP contribution in [0.5, 0.6) is 11.6 Å². The van der Waals surface area contributed by atoms with Crippen LogP contribution in [0.1, 0.15) is 24.3 Å². The third-order valence-corrected chi connectivity index (χ3v) is 6.48. The summed E-state index contributed by atoms with van der Waals surface area (Å²) in [6, 6.07) is 4.48. The van der Waals surface area contributed by atoms with Gasteiger partial charge in [0.2, 0.25) is 11.7 Å². The molecule has 42 heavy (non-hydrogen) atoms. The van der Waals surface area contributed by atoms with Gasteiger partial charge in [-0.1, -0.05) is 6.58 Å². The minimum Gasteiger partial charge on any atom is -0.434 e. The van der Waals surface area contributed by atoms with Crippen LogP contribution >= 0.6 is 0 Å². The van der Waals surface area contributed by atoms with E-state index in [1.807, 2.05) is 13.8 Å². The number of piperazine rings is 1. The van der Waals surface area contributed by atoms with Crippen molar-refractivity contribution < 1.29 is 23.1 Å².